The van der Waals surface area contributed by atoms with Gasteiger partial charge in [0.15, 0.2) is 0 Å². The van der Waals surface area contributed by atoms with E-state index in [0.29, 0.717) is 18.1 Å². The summed E-state index contributed by atoms with van der Waals surface area (Å²) in [5.41, 5.74) is 7.54. The van der Waals surface area contributed by atoms with Crippen LogP contribution in [0, 0.1) is 0 Å². The molecule has 0 spiro atoms. The Morgan fingerprint density at radius 1 is 0.844 bits per heavy atom. The third-order valence-corrected chi connectivity index (χ3v) is 5.71. The summed E-state index contributed by atoms with van der Waals surface area (Å²) in [5.74, 6) is 0.523. The molecule has 0 atom stereocenters. The molecule has 0 N–H and O–H groups in total. The van der Waals surface area contributed by atoms with Gasteiger partial charge in [0.25, 0.3) is 0 Å². The van der Waals surface area contributed by atoms with Crippen molar-refractivity contribution in [2.24, 2.45) is 4.99 Å². The number of ether oxygens (including phenoxy) is 1. The molecule has 3 heterocycles. The molecule has 1 aliphatic heterocycles. The monoisotopic (exact) mass is 417 g/mol. The van der Waals surface area contributed by atoms with Crippen molar-refractivity contribution < 1.29 is 4.74 Å². The first-order valence-corrected chi connectivity index (χ1v) is 10.7. The zero-order chi connectivity index (χ0) is 21.9. The Labute approximate surface area is 187 Å². The van der Waals surface area contributed by atoms with Gasteiger partial charge in [0.2, 0.25) is 0 Å². The number of aryl methyl sites for hydroxylation is 1. The molecule has 4 aromatic rings. The molecule has 4 heteroatoms. The molecule has 0 radical (unpaired) electrons. The number of fused-ring (bicyclic) bond motifs is 3. The lowest BCUT2D eigenvalue weighted by atomic mass is 9.92. The van der Waals surface area contributed by atoms with Gasteiger partial charge in [-0.05, 0) is 41.7 Å². The predicted molar refractivity (Wildman–Crippen MR) is 131 cm³/mol. The molecular formula is C28H23N3O. The second kappa shape index (κ2) is 8.60. The van der Waals surface area contributed by atoms with Crippen LogP contribution in [0.5, 0.6) is 0 Å². The zero-order valence-electron chi connectivity index (χ0n) is 17.8. The fraction of sp³-hybridized carbons (Fsp3) is 0.107. The molecule has 0 bridgehead atoms. The quantitative estimate of drug-likeness (QED) is 0.334. The molecule has 32 heavy (non-hydrogen) atoms. The molecule has 4 nitrogen and oxygen atoms in total. The number of aliphatic imine (C=N–C) groups is 1. The fourth-order valence-electron chi connectivity index (χ4n) is 4.00. The maximum Gasteiger partial charge on any atom is 0.138 e. The SMILES string of the molecule is C=C(C1=Nc2c(ccc3cccnc23)CC1)c1cccnc1C(=C)OCc1ccccc1. The number of benzene rings is 2. The van der Waals surface area contributed by atoms with Crippen LogP contribution >= 0.6 is 0 Å². The number of nitrogens with zero attached hydrogens (tertiary/aromatic N) is 3. The summed E-state index contributed by atoms with van der Waals surface area (Å²) < 4.78 is 5.96. The average molecular weight is 418 g/mol. The predicted octanol–water partition coefficient (Wildman–Crippen LogP) is 6.55. The third kappa shape index (κ3) is 3.83. The van der Waals surface area contributed by atoms with Crippen molar-refractivity contribution in [3.8, 4) is 0 Å². The van der Waals surface area contributed by atoms with Gasteiger partial charge in [-0.1, -0.05) is 67.8 Å². The van der Waals surface area contributed by atoms with Gasteiger partial charge in [-0.2, -0.15) is 0 Å². The maximum atomic E-state index is 5.96. The molecule has 0 saturated carbocycles. The molecule has 0 amide bonds. The molecule has 0 saturated heterocycles. The van der Waals surface area contributed by atoms with Crippen molar-refractivity contribution >= 4 is 33.6 Å². The Kier molecular flexibility index (Phi) is 5.34. The molecule has 1 aliphatic rings. The minimum Gasteiger partial charge on any atom is -0.487 e. The van der Waals surface area contributed by atoms with Crippen molar-refractivity contribution in [2.75, 3.05) is 0 Å². The Morgan fingerprint density at radius 2 is 1.66 bits per heavy atom. The molecule has 0 fully saturated rings. The van der Waals surface area contributed by atoms with E-state index in [-0.39, 0.29) is 0 Å². The summed E-state index contributed by atoms with van der Waals surface area (Å²) in [6.45, 7) is 8.94. The molecule has 2 aromatic heterocycles. The Hall–Kier alpha value is -4.05. The van der Waals surface area contributed by atoms with Crippen LogP contribution in [-0.4, -0.2) is 15.7 Å². The second-order valence-electron chi connectivity index (χ2n) is 7.78. The number of pyridine rings is 2. The van der Waals surface area contributed by atoms with Crippen LogP contribution in [0.25, 0.3) is 22.2 Å². The molecule has 0 unspecified atom stereocenters. The van der Waals surface area contributed by atoms with Crippen molar-refractivity contribution in [3.05, 3.63) is 115 Å². The second-order valence-corrected chi connectivity index (χ2v) is 7.78. The lowest BCUT2D eigenvalue weighted by molar-refractivity contribution is 0.264. The maximum absolute atomic E-state index is 5.96. The highest BCUT2D eigenvalue weighted by Gasteiger charge is 2.20. The van der Waals surface area contributed by atoms with Crippen LogP contribution in [0.3, 0.4) is 0 Å². The third-order valence-electron chi connectivity index (χ3n) is 5.71. The summed E-state index contributed by atoms with van der Waals surface area (Å²) in [6, 6.07) is 22.2. The lowest BCUT2D eigenvalue weighted by Crippen LogP contribution is -2.10. The van der Waals surface area contributed by atoms with Crippen LogP contribution in [-0.2, 0) is 17.8 Å². The first kappa shape index (κ1) is 19.9. The molecule has 156 valence electrons. The zero-order valence-corrected chi connectivity index (χ0v) is 17.8. The summed E-state index contributed by atoms with van der Waals surface area (Å²) in [7, 11) is 0. The highest BCUT2D eigenvalue weighted by atomic mass is 16.5. The van der Waals surface area contributed by atoms with Gasteiger partial charge in [0.1, 0.15) is 18.1 Å². The number of allylic oxidation sites excluding steroid dienone is 1. The highest BCUT2D eigenvalue weighted by Crippen LogP contribution is 2.36. The highest BCUT2D eigenvalue weighted by molar-refractivity contribution is 6.25. The van der Waals surface area contributed by atoms with Crippen LogP contribution < -0.4 is 0 Å². The van der Waals surface area contributed by atoms with Crippen LogP contribution in [0.2, 0.25) is 0 Å². The summed E-state index contributed by atoms with van der Waals surface area (Å²) >= 11 is 0. The van der Waals surface area contributed by atoms with Gasteiger partial charge in [-0.3, -0.25) is 15.0 Å². The summed E-state index contributed by atoms with van der Waals surface area (Å²) in [6.07, 6.45) is 5.28. The van der Waals surface area contributed by atoms with E-state index in [1.54, 1.807) is 6.20 Å². The largest absolute Gasteiger partial charge is 0.487 e. The van der Waals surface area contributed by atoms with E-state index in [0.717, 1.165) is 51.8 Å². The Morgan fingerprint density at radius 3 is 2.53 bits per heavy atom. The van der Waals surface area contributed by atoms with E-state index >= 15 is 0 Å². The van der Waals surface area contributed by atoms with Crippen molar-refractivity contribution in [3.63, 3.8) is 0 Å². The minimum absolute atomic E-state index is 0.439. The number of rotatable bonds is 6. The topological polar surface area (TPSA) is 47.4 Å². The Balaban J connectivity index is 1.45. The molecule has 0 aliphatic carbocycles. The van der Waals surface area contributed by atoms with E-state index < -0.39 is 0 Å². The molecule has 2 aromatic carbocycles. The van der Waals surface area contributed by atoms with Gasteiger partial charge in [-0.25, -0.2) is 0 Å². The standard InChI is InChI=1S/C28H23N3O/c1-19(25-15-14-23-13-12-22-10-6-16-30-27(22)28(23)31-25)24-11-7-17-29-26(24)20(2)32-18-21-8-4-3-5-9-21/h3-13,16-17H,1-2,14-15,18H2. The van der Waals surface area contributed by atoms with Crippen LogP contribution in [0.1, 0.15) is 28.8 Å². The van der Waals surface area contributed by atoms with Gasteiger partial charge in [-0.15, -0.1) is 0 Å². The van der Waals surface area contributed by atoms with Gasteiger partial charge in [0, 0.05) is 29.1 Å². The molecule has 5 rings (SSSR count). The van der Waals surface area contributed by atoms with E-state index in [1.165, 1.54) is 5.56 Å². The van der Waals surface area contributed by atoms with Crippen LogP contribution in [0.4, 0.5) is 5.69 Å². The van der Waals surface area contributed by atoms with Gasteiger partial charge in [0.05, 0.1) is 11.2 Å². The van der Waals surface area contributed by atoms with E-state index in [2.05, 4.69) is 41.3 Å². The number of hydrogen-bond donors (Lipinski definition) is 0. The smallest absolute Gasteiger partial charge is 0.138 e. The van der Waals surface area contributed by atoms with E-state index in [4.69, 9.17) is 9.73 Å². The summed E-state index contributed by atoms with van der Waals surface area (Å²) in [4.78, 5) is 14.1. The fourth-order valence-corrected chi connectivity index (χ4v) is 4.00. The van der Waals surface area contributed by atoms with E-state index in [1.807, 2.05) is 54.7 Å². The van der Waals surface area contributed by atoms with Crippen molar-refractivity contribution in [1.29, 1.82) is 0 Å². The Bertz CT molecular complexity index is 1360. The number of hydrogen-bond acceptors (Lipinski definition) is 4. The normalized spacial score (nSPS) is 12.7. The first-order chi connectivity index (χ1) is 15.7. The van der Waals surface area contributed by atoms with Gasteiger partial charge < -0.3 is 4.74 Å². The lowest BCUT2D eigenvalue weighted by Gasteiger charge is -2.20. The number of aromatic nitrogens is 2. The average Bonchev–Trinajstić information content (AvgIpc) is 2.87. The first-order valence-electron chi connectivity index (χ1n) is 10.7. The van der Waals surface area contributed by atoms with Crippen molar-refractivity contribution in [2.45, 2.75) is 19.4 Å². The summed E-state index contributed by atoms with van der Waals surface area (Å²) in [5, 5.41) is 1.09. The van der Waals surface area contributed by atoms with Crippen LogP contribution in [0.15, 0.2) is 97.3 Å². The van der Waals surface area contributed by atoms with Crippen molar-refractivity contribution in [1.82, 2.24) is 9.97 Å². The van der Waals surface area contributed by atoms with E-state index in [9.17, 15) is 0 Å². The van der Waals surface area contributed by atoms with Gasteiger partial charge >= 0.3 is 0 Å². The molecular weight excluding hydrogens is 394 g/mol. The minimum atomic E-state index is 0.439.